The summed E-state index contributed by atoms with van der Waals surface area (Å²) in [4.78, 5) is 26.5. The quantitative estimate of drug-likeness (QED) is 0.492. The Labute approximate surface area is 212 Å². The van der Waals surface area contributed by atoms with Crippen LogP contribution >= 0.6 is 0 Å². The molecule has 0 atom stereocenters. The molecule has 3 aliphatic rings. The summed E-state index contributed by atoms with van der Waals surface area (Å²) in [6, 6.07) is 12.9. The van der Waals surface area contributed by atoms with Crippen LogP contribution in [0.15, 0.2) is 46.9 Å². The van der Waals surface area contributed by atoms with E-state index >= 15 is 0 Å². The van der Waals surface area contributed by atoms with Gasteiger partial charge in [-0.3, -0.25) is 9.59 Å². The zero-order valence-corrected chi connectivity index (χ0v) is 20.5. The molecule has 2 saturated carbocycles. The van der Waals surface area contributed by atoms with Crippen LogP contribution in [-0.2, 0) is 4.79 Å². The molecular formula is C28H28F2N2O5. The minimum Gasteiger partial charge on any atom is -0.486 e. The molecule has 3 aromatic rings. The van der Waals surface area contributed by atoms with Crippen molar-refractivity contribution >= 4 is 22.8 Å². The number of carbonyl (C=O) groups is 2. The van der Waals surface area contributed by atoms with Crippen molar-refractivity contribution in [2.75, 3.05) is 13.2 Å². The second-order valence-electron chi connectivity index (χ2n) is 10.6. The summed E-state index contributed by atoms with van der Waals surface area (Å²) >= 11 is 0. The average Bonchev–Trinajstić information content (AvgIpc) is 3.45. The third-order valence-corrected chi connectivity index (χ3v) is 7.66. The lowest BCUT2D eigenvalue weighted by Gasteiger charge is -2.39. The van der Waals surface area contributed by atoms with Gasteiger partial charge in [-0.15, -0.1) is 0 Å². The third-order valence-electron chi connectivity index (χ3n) is 7.66. The highest BCUT2D eigenvalue weighted by Gasteiger charge is 2.51. The summed E-state index contributed by atoms with van der Waals surface area (Å²) in [5.41, 5.74) is 0.532. The van der Waals surface area contributed by atoms with Crippen molar-refractivity contribution in [2.45, 2.75) is 62.4 Å². The lowest BCUT2D eigenvalue weighted by atomic mass is 9.78. The van der Waals surface area contributed by atoms with E-state index in [2.05, 4.69) is 10.6 Å². The molecule has 1 aromatic heterocycles. The summed E-state index contributed by atoms with van der Waals surface area (Å²) in [6.45, 7) is 2.92. The van der Waals surface area contributed by atoms with Crippen LogP contribution in [0.4, 0.5) is 8.78 Å². The Balaban J connectivity index is 1.25. The SMILES string of the molecule is CC1(NC(=O)C2(NC(=O)c3cc4ccc(-c5ccc6c(c5)OCCO6)cc4o3)CCC(F)(F)CC2)CC1. The molecule has 2 fully saturated rings. The number of hydrogen-bond acceptors (Lipinski definition) is 5. The van der Waals surface area contributed by atoms with E-state index in [0.717, 1.165) is 24.0 Å². The zero-order valence-electron chi connectivity index (χ0n) is 20.5. The Morgan fingerprint density at radius 2 is 1.49 bits per heavy atom. The van der Waals surface area contributed by atoms with Gasteiger partial charge >= 0.3 is 0 Å². The Hall–Kier alpha value is -3.62. The zero-order chi connectivity index (χ0) is 25.8. The molecule has 1 aliphatic heterocycles. The Morgan fingerprint density at radius 1 is 0.811 bits per heavy atom. The first-order valence-corrected chi connectivity index (χ1v) is 12.6. The number of carbonyl (C=O) groups excluding carboxylic acids is 2. The van der Waals surface area contributed by atoms with Crippen molar-refractivity contribution in [2.24, 2.45) is 0 Å². The average molecular weight is 511 g/mol. The summed E-state index contributed by atoms with van der Waals surface area (Å²) in [6.07, 6.45) is 0.458. The van der Waals surface area contributed by atoms with Crippen molar-refractivity contribution in [3.05, 3.63) is 48.2 Å². The maximum absolute atomic E-state index is 14.0. The van der Waals surface area contributed by atoms with E-state index in [4.69, 9.17) is 13.9 Å². The molecule has 2 aromatic carbocycles. The van der Waals surface area contributed by atoms with Crippen LogP contribution in [0.2, 0.25) is 0 Å². The first-order chi connectivity index (χ1) is 17.6. The molecule has 0 saturated heterocycles. The van der Waals surface area contributed by atoms with Crippen LogP contribution in [0.3, 0.4) is 0 Å². The predicted molar refractivity (Wildman–Crippen MR) is 132 cm³/mol. The van der Waals surface area contributed by atoms with Gasteiger partial charge in [-0.1, -0.05) is 18.2 Å². The number of fused-ring (bicyclic) bond motifs is 2. The van der Waals surface area contributed by atoms with Crippen molar-refractivity contribution < 1.29 is 32.3 Å². The number of halogens is 2. The van der Waals surface area contributed by atoms with Crippen molar-refractivity contribution in [3.63, 3.8) is 0 Å². The number of ether oxygens (including phenoxy) is 2. The molecule has 2 aliphatic carbocycles. The fourth-order valence-corrected chi connectivity index (χ4v) is 4.98. The molecule has 0 spiro atoms. The van der Waals surface area contributed by atoms with E-state index in [0.29, 0.717) is 35.7 Å². The standard InChI is InChI=1S/C28H28F2N2O5/c1-26(6-7-26)32-25(34)27(8-10-28(29,30)11-9-27)31-24(33)23-16-19-3-2-17(14-21(19)37-23)18-4-5-20-22(15-18)36-13-12-35-20/h2-5,14-16H,6-13H2,1H3,(H,31,33)(H,32,34). The number of hydrogen-bond donors (Lipinski definition) is 2. The molecule has 2 amide bonds. The highest BCUT2D eigenvalue weighted by Crippen LogP contribution is 2.41. The third kappa shape index (κ3) is 4.63. The van der Waals surface area contributed by atoms with Gasteiger partial charge in [-0.05, 0) is 68.0 Å². The lowest BCUT2D eigenvalue weighted by Crippen LogP contribution is -2.62. The van der Waals surface area contributed by atoms with Crippen molar-refractivity contribution in [1.82, 2.24) is 10.6 Å². The van der Waals surface area contributed by atoms with Crippen molar-refractivity contribution in [1.29, 1.82) is 0 Å². The number of furan rings is 1. The molecule has 0 unspecified atom stereocenters. The molecule has 0 radical (unpaired) electrons. The van der Waals surface area contributed by atoms with E-state index in [1.165, 1.54) is 0 Å². The molecule has 6 rings (SSSR count). The molecule has 2 N–H and O–H groups in total. The monoisotopic (exact) mass is 510 g/mol. The topological polar surface area (TPSA) is 89.8 Å². The van der Waals surface area contributed by atoms with E-state index in [9.17, 15) is 18.4 Å². The molecular weight excluding hydrogens is 482 g/mol. The minimum absolute atomic E-state index is 0.0245. The van der Waals surface area contributed by atoms with E-state index in [1.54, 1.807) is 6.07 Å². The predicted octanol–water partition coefficient (Wildman–Crippen LogP) is 5.22. The second kappa shape index (κ2) is 8.46. The summed E-state index contributed by atoms with van der Waals surface area (Å²) < 4.78 is 45.0. The minimum atomic E-state index is -2.85. The van der Waals surface area contributed by atoms with Crippen LogP contribution in [0, 0.1) is 0 Å². The molecule has 194 valence electrons. The highest BCUT2D eigenvalue weighted by molar-refractivity contribution is 6.00. The van der Waals surface area contributed by atoms with E-state index < -0.39 is 36.1 Å². The number of nitrogens with one attached hydrogen (secondary N) is 2. The highest BCUT2D eigenvalue weighted by atomic mass is 19.3. The lowest BCUT2D eigenvalue weighted by molar-refractivity contribution is -0.133. The molecule has 9 heteroatoms. The molecule has 7 nitrogen and oxygen atoms in total. The molecule has 37 heavy (non-hydrogen) atoms. The largest absolute Gasteiger partial charge is 0.486 e. The van der Waals surface area contributed by atoms with Gasteiger partial charge in [0, 0.05) is 23.8 Å². The fourth-order valence-electron chi connectivity index (χ4n) is 4.98. The van der Waals surface area contributed by atoms with Crippen LogP contribution in [-0.4, -0.2) is 42.0 Å². The molecule has 2 heterocycles. The number of benzene rings is 2. The summed E-state index contributed by atoms with van der Waals surface area (Å²) in [5, 5.41) is 6.43. The van der Waals surface area contributed by atoms with E-state index in [-0.39, 0.29) is 24.1 Å². The number of amides is 2. The summed E-state index contributed by atoms with van der Waals surface area (Å²) in [7, 11) is 0. The Morgan fingerprint density at radius 3 is 2.22 bits per heavy atom. The van der Waals surface area contributed by atoms with Crippen LogP contribution in [0.25, 0.3) is 22.1 Å². The maximum Gasteiger partial charge on any atom is 0.287 e. The fraction of sp³-hybridized carbons (Fsp3) is 0.429. The van der Waals surface area contributed by atoms with E-state index in [1.807, 2.05) is 43.3 Å². The van der Waals surface area contributed by atoms with Crippen LogP contribution < -0.4 is 20.1 Å². The smallest absolute Gasteiger partial charge is 0.287 e. The maximum atomic E-state index is 14.0. The van der Waals surface area contributed by atoms with Gasteiger partial charge in [0.1, 0.15) is 24.3 Å². The molecule has 0 bridgehead atoms. The Bertz CT molecular complexity index is 1380. The first kappa shape index (κ1) is 23.8. The van der Waals surface area contributed by atoms with Crippen LogP contribution in [0.1, 0.15) is 56.0 Å². The van der Waals surface area contributed by atoms with Gasteiger partial charge in [-0.2, -0.15) is 0 Å². The van der Waals surface area contributed by atoms with Gasteiger partial charge < -0.3 is 24.5 Å². The second-order valence-corrected chi connectivity index (χ2v) is 10.6. The van der Waals surface area contributed by atoms with Crippen LogP contribution in [0.5, 0.6) is 11.5 Å². The van der Waals surface area contributed by atoms with Gasteiger partial charge in [0.15, 0.2) is 17.3 Å². The first-order valence-electron chi connectivity index (χ1n) is 12.6. The van der Waals surface area contributed by atoms with Crippen molar-refractivity contribution in [3.8, 4) is 22.6 Å². The number of alkyl halides is 2. The Kier molecular flexibility index (Phi) is 5.43. The van der Waals surface area contributed by atoms with Gasteiger partial charge in [-0.25, -0.2) is 8.78 Å². The van der Waals surface area contributed by atoms with Gasteiger partial charge in [0.25, 0.3) is 5.91 Å². The normalized spacial score (nSPS) is 20.7. The van der Waals surface area contributed by atoms with Gasteiger partial charge in [0.05, 0.1) is 0 Å². The number of rotatable bonds is 5. The summed E-state index contributed by atoms with van der Waals surface area (Å²) in [5.74, 6) is -2.46. The van der Waals surface area contributed by atoms with Gasteiger partial charge in [0.2, 0.25) is 11.8 Å².